The molecule has 0 spiro atoms. The van der Waals surface area contributed by atoms with Crippen molar-refractivity contribution < 1.29 is 16.8 Å². The van der Waals surface area contributed by atoms with Gasteiger partial charge in [-0.25, -0.2) is 25.9 Å². The molecule has 2 heterocycles. The zero-order chi connectivity index (χ0) is 18.2. The lowest BCUT2D eigenvalue weighted by atomic mass is 10.1. The van der Waals surface area contributed by atoms with E-state index in [0.717, 1.165) is 10.9 Å². The fraction of sp³-hybridized carbons (Fsp3) is 0.438. The third-order valence-electron chi connectivity index (χ3n) is 4.34. The molecule has 7 nitrogen and oxygen atoms in total. The van der Waals surface area contributed by atoms with Crippen LogP contribution >= 0.6 is 0 Å². The molecule has 1 aromatic carbocycles. The zero-order valence-corrected chi connectivity index (χ0v) is 15.8. The monoisotopic (exact) mass is 383 g/mol. The summed E-state index contributed by atoms with van der Waals surface area (Å²) in [5.74, 6) is 0. The van der Waals surface area contributed by atoms with Crippen LogP contribution in [0.1, 0.15) is 18.4 Å². The number of hydrogen-bond acceptors (Lipinski definition) is 5. The molecule has 25 heavy (non-hydrogen) atoms. The second-order valence-electron chi connectivity index (χ2n) is 6.40. The fourth-order valence-corrected chi connectivity index (χ4v) is 5.41. The third-order valence-corrected chi connectivity index (χ3v) is 7.20. The molecule has 0 aliphatic carbocycles. The number of piperidine rings is 1. The number of benzene rings is 1. The molecule has 0 radical (unpaired) electrons. The van der Waals surface area contributed by atoms with Crippen molar-refractivity contribution in [2.45, 2.75) is 30.7 Å². The molecule has 0 amide bonds. The van der Waals surface area contributed by atoms with E-state index >= 15 is 0 Å². The number of aromatic nitrogens is 1. The van der Waals surface area contributed by atoms with Gasteiger partial charge in [0.15, 0.2) is 0 Å². The van der Waals surface area contributed by atoms with Crippen LogP contribution in [0.3, 0.4) is 0 Å². The van der Waals surface area contributed by atoms with Crippen molar-refractivity contribution in [3.05, 3.63) is 36.0 Å². The Morgan fingerprint density at radius 1 is 1.16 bits per heavy atom. The van der Waals surface area contributed by atoms with Crippen LogP contribution in [0.25, 0.3) is 10.9 Å². The second-order valence-corrected chi connectivity index (χ2v) is 10.1. The summed E-state index contributed by atoms with van der Waals surface area (Å²) in [6.45, 7) is 2.54. The van der Waals surface area contributed by atoms with Crippen molar-refractivity contribution in [2.75, 3.05) is 19.3 Å². The van der Waals surface area contributed by atoms with E-state index in [0.29, 0.717) is 31.4 Å². The molecule has 0 atom stereocenters. The quantitative estimate of drug-likeness (QED) is 0.857. The molecule has 0 unspecified atom stereocenters. The topological polar surface area (TPSA) is 96.4 Å². The number of para-hydroxylation sites is 1. The van der Waals surface area contributed by atoms with E-state index < -0.39 is 20.0 Å². The lowest BCUT2D eigenvalue weighted by Gasteiger charge is -2.30. The van der Waals surface area contributed by atoms with E-state index in [1.807, 2.05) is 19.1 Å². The summed E-state index contributed by atoms with van der Waals surface area (Å²) in [4.78, 5) is 4.43. The Labute approximate surface area is 148 Å². The summed E-state index contributed by atoms with van der Waals surface area (Å²) in [6.07, 6.45) is 3.71. The van der Waals surface area contributed by atoms with Gasteiger partial charge < -0.3 is 0 Å². The molecule has 1 saturated heterocycles. The first-order valence-electron chi connectivity index (χ1n) is 8.00. The van der Waals surface area contributed by atoms with Crippen LogP contribution in [0.5, 0.6) is 0 Å². The SMILES string of the molecule is Cc1cnc2c(S(=O)(=O)NC3CCN(S(C)(=O)=O)CC3)cccc2c1. The number of nitrogens with zero attached hydrogens (tertiary/aromatic N) is 2. The Morgan fingerprint density at radius 3 is 2.48 bits per heavy atom. The Balaban J connectivity index is 1.82. The van der Waals surface area contributed by atoms with Crippen LogP contribution in [-0.2, 0) is 20.0 Å². The molecule has 0 saturated carbocycles. The minimum absolute atomic E-state index is 0.149. The summed E-state index contributed by atoms with van der Waals surface area (Å²) < 4.78 is 52.8. The van der Waals surface area contributed by atoms with Crippen LogP contribution in [0.4, 0.5) is 0 Å². The van der Waals surface area contributed by atoms with Crippen molar-refractivity contribution >= 4 is 30.9 Å². The molecule has 9 heteroatoms. The Bertz CT molecular complexity index is 995. The molecule has 136 valence electrons. The van der Waals surface area contributed by atoms with Crippen molar-refractivity contribution in [1.29, 1.82) is 0 Å². The Kier molecular flexibility index (Phi) is 4.84. The highest BCUT2D eigenvalue weighted by atomic mass is 32.2. The number of nitrogens with one attached hydrogen (secondary N) is 1. The van der Waals surface area contributed by atoms with Gasteiger partial charge in [0, 0.05) is 30.7 Å². The van der Waals surface area contributed by atoms with Gasteiger partial charge in [-0.15, -0.1) is 0 Å². The highest BCUT2D eigenvalue weighted by Crippen LogP contribution is 2.23. The second kappa shape index (κ2) is 6.64. The number of pyridine rings is 1. The van der Waals surface area contributed by atoms with Crippen molar-refractivity contribution in [3.63, 3.8) is 0 Å². The van der Waals surface area contributed by atoms with Gasteiger partial charge in [0.2, 0.25) is 20.0 Å². The fourth-order valence-electron chi connectivity index (χ4n) is 3.05. The maximum atomic E-state index is 12.8. The number of aryl methyl sites for hydroxylation is 1. The van der Waals surface area contributed by atoms with Gasteiger partial charge in [-0.3, -0.25) is 4.98 Å². The van der Waals surface area contributed by atoms with Crippen LogP contribution in [0, 0.1) is 6.92 Å². The average molecular weight is 383 g/mol. The van der Waals surface area contributed by atoms with Gasteiger partial charge in [-0.2, -0.15) is 0 Å². The molecule has 1 fully saturated rings. The van der Waals surface area contributed by atoms with E-state index in [-0.39, 0.29) is 10.9 Å². The smallest absolute Gasteiger partial charge is 0.242 e. The van der Waals surface area contributed by atoms with E-state index in [9.17, 15) is 16.8 Å². The molecule has 1 N–H and O–H groups in total. The molecular weight excluding hydrogens is 362 g/mol. The molecule has 0 bridgehead atoms. The Hall–Kier alpha value is -1.55. The first kappa shape index (κ1) is 18.2. The van der Waals surface area contributed by atoms with Gasteiger partial charge >= 0.3 is 0 Å². The van der Waals surface area contributed by atoms with E-state index in [1.54, 1.807) is 18.3 Å². The summed E-state index contributed by atoms with van der Waals surface area (Å²) >= 11 is 0. The minimum atomic E-state index is -3.73. The van der Waals surface area contributed by atoms with Crippen molar-refractivity contribution in [3.8, 4) is 0 Å². The number of hydrogen-bond donors (Lipinski definition) is 1. The Morgan fingerprint density at radius 2 is 1.84 bits per heavy atom. The van der Waals surface area contributed by atoms with E-state index in [4.69, 9.17) is 0 Å². The van der Waals surface area contributed by atoms with Gasteiger partial charge in [-0.05, 0) is 37.5 Å². The number of sulfonamides is 2. The highest BCUT2D eigenvalue weighted by Gasteiger charge is 2.29. The normalized spacial score (nSPS) is 17.8. The van der Waals surface area contributed by atoms with E-state index in [1.165, 1.54) is 10.6 Å². The van der Waals surface area contributed by atoms with Gasteiger partial charge in [0.05, 0.1) is 11.8 Å². The molecule has 1 aliphatic heterocycles. The lowest BCUT2D eigenvalue weighted by Crippen LogP contribution is -2.46. The molecule has 2 aromatic rings. The maximum Gasteiger partial charge on any atom is 0.242 e. The van der Waals surface area contributed by atoms with Gasteiger partial charge in [0.1, 0.15) is 4.90 Å². The number of fused-ring (bicyclic) bond motifs is 1. The molecular formula is C16H21N3O4S2. The number of rotatable bonds is 4. The maximum absolute atomic E-state index is 12.8. The first-order valence-corrected chi connectivity index (χ1v) is 11.3. The average Bonchev–Trinajstić information content (AvgIpc) is 2.53. The molecule has 1 aromatic heterocycles. The van der Waals surface area contributed by atoms with Gasteiger partial charge in [0.25, 0.3) is 0 Å². The summed E-state index contributed by atoms with van der Waals surface area (Å²) in [7, 11) is -6.96. The van der Waals surface area contributed by atoms with Crippen LogP contribution in [0.15, 0.2) is 35.4 Å². The molecule has 3 rings (SSSR count). The van der Waals surface area contributed by atoms with Crippen molar-refractivity contribution in [2.24, 2.45) is 0 Å². The first-order chi connectivity index (χ1) is 11.7. The predicted octanol–water partition coefficient (Wildman–Crippen LogP) is 1.25. The summed E-state index contributed by atoms with van der Waals surface area (Å²) in [5.41, 5.74) is 1.40. The standard InChI is InChI=1S/C16H21N3O4S2/c1-12-10-13-4-3-5-15(16(13)17-11-12)25(22,23)18-14-6-8-19(9-7-14)24(2,20)21/h3-5,10-11,14,18H,6-9H2,1-2H3. The highest BCUT2D eigenvalue weighted by molar-refractivity contribution is 7.89. The summed E-state index contributed by atoms with van der Waals surface area (Å²) in [6, 6.07) is 6.68. The van der Waals surface area contributed by atoms with Crippen LogP contribution in [-0.4, -0.2) is 51.5 Å². The largest absolute Gasteiger partial charge is 0.255 e. The van der Waals surface area contributed by atoms with E-state index in [2.05, 4.69) is 9.71 Å². The lowest BCUT2D eigenvalue weighted by molar-refractivity contribution is 0.310. The van der Waals surface area contributed by atoms with Crippen molar-refractivity contribution in [1.82, 2.24) is 14.0 Å². The summed E-state index contributed by atoms with van der Waals surface area (Å²) in [5, 5.41) is 0.773. The van der Waals surface area contributed by atoms with Crippen LogP contribution in [0.2, 0.25) is 0 Å². The third kappa shape index (κ3) is 4.00. The minimum Gasteiger partial charge on any atom is -0.255 e. The van der Waals surface area contributed by atoms with Gasteiger partial charge in [-0.1, -0.05) is 12.1 Å². The zero-order valence-electron chi connectivity index (χ0n) is 14.1. The molecule has 1 aliphatic rings. The predicted molar refractivity (Wildman–Crippen MR) is 96.2 cm³/mol. The van der Waals surface area contributed by atoms with Crippen LogP contribution < -0.4 is 4.72 Å².